The van der Waals surface area contributed by atoms with Crippen molar-refractivity contribution < 1.29 is 23.0 Å². The molecule has 0 heterocycles. The van der Waals surface area contributed by atoms with Crippen molar-refractivity contribution in [3.8, 4) is 5.75 Å². The second-order valence-corrected chi connectivity index (χ2v) is 4.10. The first-order valence-electron chi connectivity index (χ1n) is 6.55. The van der Waals surface area contributed by atoms with Crippen molar-refractivity contribution in [2.75, 3.05) is 19.8 Å². The van der Waals surface area contributed by atoms with Gasteiger partial charge in [0.15, 0.2) is 0 Å². The van der Waals surface area contributed by atoms with Crippen molar-refractivity contribution in [3.05, 3.63) is 29.8 Å². The summed E-state index contributed by atoms with van der Waals surface area (Å²) in [4.78, 5) is 11.6. The maximum absolute atomic E-state index is 13.0. The maximum Gasteiger partial charge on any atom is 0.323 e. The van der Waals surface area contributed by atoms with Crippen molar-refractivity contribution in [3.63, 3.8) is 0 Å². The Morgan fingerprint density at radius 1 is 1.25 bits per heavy atom. The van der Waals surface area contributed by atoms with Crippen LogP contribution in [-0.4, -0.2) is 31.8 Å². The summed E-state index contributed by atoms with van der Waals surface area (Å²) in [6.45, 7) is 4.66. The van der Waals surface area contributed by atoms with E-state index in [1.807, 2.05) is 6.92 Å². The van der Waals surface area contributed by atoms with Gasteiger partial charge in [-0.05, 0) is 13.5 Å². The van der Waals surface area contributed by atoms with Gasteiger partial charge in [0.05, 0.1) is 13.2 Å². The third-order valence-corrected chi connectivity index (χ3v) is 2.53. The van der Waals surface area contributed by atoms with E-state index < -0.39 is 17.7 Å². The first-order valence-corrected chi connectivity index (χ1v) is 6.55. The Kier molecular flexibility index (Phi) is 6.93. The summed E-state index contributed by atoms with van der Waals surface area (Å²) < 4.78 is 36.1. The van der Waals surface area contributed by atoms with Gasteiger partial charge in [0, 0.05) is 24.6 Å². The number of hydrogen-bond donors (Lipinski definition) is 1. The molecule has 0 amide bonds. The highest BCUT2D eigenvalue weighted by Gasteiger charge is 2.18. The molecule has 0 bridgehead atoms. The number of carbonyl (C=O) groups excluding carboxylic acids is 1. The highest BCUT2D eigenvalue weighted by Crippen LogP contribution is 2.15. The number of esters is 1. The third kappa shape index (κ3) is 5.52. The number of halogens is 2. The van der Waals surface area contributed by atoms with Crippen LogP contribution in [0, 0.1) is 11.6 Å². The topological polar surface area (TPSA) is 47.6 Å². The monoisotopic (exact) mass is 287 g/mol. The zero-order valence-electron chi connectivity index (χ0n) is 11.6. The molecule has 0 aliphatic rings. The molecule has 0 aliphatic carbocycles. The number of ether oxygens (including phenoxy) is 2. The minimum absolute atomic E-state index is 0.0987. The SMILES string of the molecule is CCNC(CCOc1cc(F)cc(F)c1)C(=O)OCC. The molecule has 0 saturated carbocycles. The summed E-state index contributed by atoms with van der Waals surface area (Å²) >= 11 is 0. The molecular weight excluding hydrogens is 268 g/mol. The lowest BCUT2D eigenvalue weighted by molar-refractivity contribution is -0.146. The van der Waals surface area contributed by atoms with Crippen molar-refractivity contribution in [1.29, 1.82) is 0 Å². The fraction of sp³-hybridized carbons (Fsp3) is 0.500. The van der Waals surface area contributed by atoms with Crippen LogP contribution in [0.4, 0.5) is 8.78 Å². The lowest BCUT2D eigenvalue weighted by atomic mass is 10.2. The Balaban J connectivity index is 2.49. The molecule has 0 spiro atoms. The van der Waals surface area contributed by atoms with Gasteiger partial charge in [-0.3, -0.25) is 4.79 Å². The number of hydrogen-bond acceptors (Lipinski definition) is 4. The molecule has 0 radical (unpaired) electrons. The van der Waals surface area contributed by atoms with Crippen LogP contribution >= 0.6 is 0 Å². The highest BCUT2D eigenvalue weighted by molar-refractivity contribution is 5.75. The molecule has 112 valence electrons. The third-order valence-electron chi connectivity index (χ3n) is 2.53. The Hall–Kier alpha value is -1.69. The number of rotatable bonds is 8. The van der Waals surface area contributed by atoms with Gasteiger partial charge in [-0.2, -0.15) is 0 Å². The summed E-state index contributed by atoms with van der Waals surface area (Å²) in [5.74, 6) is -1.66. The summed E-state index contributed by atoms with van der Waals surface area (Å²) in [7, 11) is 0. The van der Waals surface area contributed by atoms with E-state index in [1.165, 1.54) is 0 Å². The first-order chi connectivity index (χ1) is 9.56. The normalized spacial score (nSPS) is 12.0. The lowest BCUT2D eigenvalue weighted by Gasteiger charge is -2.16. The Morgan fingerprint density at radius 3 is 2.45 bits per heavy atom. The zero-order valence-corrected chi connectivity index (χ0v) is 11.6. The van der Waals surface area contributed by atoms with Crippen molar-refractivity contribution >= 4 is 5.97 Å². The van der Waals surface area contributed by atoms with E-state index in [9.17, 15) is 13.6 Å². The minimum atomic E-state index is -0.700. The second kappa shape index (κ2) is 8.47. The average Bonchev–Trinajstić information content (AvgIpc) is 2.37. The Labute approximate surface area is 117 Å². The Bertz CT molecular complexity index is 420. The molecule has 1 atom stereocenters. The maximum atomic E-state index is 13.0. The van der Waals surface area contributed by atoms with Gasteiger partial charge < -0.3 is 14.8 Å². The fourth-order valence-electron chi connectivity index (χ4n) is 1.70. The van der Waals surface area contributed by atoms with Crippen molar-refractivity contribution in [2.24, 2.45) is 0 Å². The molecule has 1 N–H and O–H groups in total. The van der Waals surface area contributed by atoms with Gasteiger partial charge in [-0.1, -0.05) is 6.92 Å². The van der Waals surface area contributed by atoms with E-state index in [0.717, 1.165) is 18.2 Å². The van der Waals surface area contributed by atoms with Crippen LogP contribution in [0.2, 0.25) is 0 Å². The second-order valence-electron chi connectivity index (χ2n) is 4.10. The molecule has 1 unspecified atom stereocenters. The van der Waals surface area contributed by atoms with Crippen LogP contribution in [-0.2, 0) is 9.53 Å². The molecule has 1 rings (SSSR count). The van der Waals surface area contributed by atoms with Crippen LogP contribution in [0.15, 0.2) is 18.2 Å². The average molecular weight is 287 g/mol. The van der Waals surface area contributed by atoms with Crippen LogP contribution in [0.25, 0.3) is 0 Å². The van der Waals surface area contributed by atoms with Gasteiger partial charge in [0.1, 0.15) is 23.4 Å². The van der Waals surface area contributed by atoms with Crippen molar-refractivity contribution in [2.45, 2.75) is 26.3 Å². The van der Waals surface area contributed by atoms with Gasteiger partial charge in [0.25, 0.3) is 0 Å². The van der Waals surface area contributed by atoms with E-state index in [2.05, 4.69) is 5.32 Å². The fourth-order valence-corrected chi connectivity index (χ4v) is 1.70. The largest absolute Gasteiger partial charge is 0.493 e. The Morgan fingerprint density at radius 2 is 1.90 bits per heavy atom. The van der Waals surface area contributed by atoms with Crippen LogP contribution in [0.1, 0.15) is 20.3 Å². The molecule has 0 saturated heterocycles. The number of benzene rings is 1. The molecule has 20 heavy (non-hydrogen) atoms. The number of carbonyl (C=O) groups is 1. The van der Waals surface area contributed by atoms with E-state index in [0.29, 0.717) is 19.6 Å². The summed E-state index contributed by atoms with van der Waals surface area (Å²) in [6.07, 6.45) is 0.352. The molecule has 6 heteroatoms. The van der Waals surface area contributed by atoms with Crippen molar-refractivity contribution in [1.82, 2.24) is 5.32 Å². The molecule has 0 aromatic heterocycles. The van der Waals surface area contributed by atoms with E-state index >= 15 is 0 Å². The summed E-state index contributed by atoms with van der Waals surface area (Å²) in [5.41, 5.74) is 0. The van der Waals surface area contributed by atoms with Gasteiger partial charge in [-0.15, -0.1) is 0 Å². The first kappa shape index (κ1) is 16.4. The predicted octanol–water partition coefficient (Wildman–Crippen LogP) is 2.27. The number of nitrogens with one attached hydrogen (secondary N) is 1. The quantitative estimate of drug-likeness (QED) is 0.745. The highest BCUT2D eigenvalue weighted by atomic mass is 19.1. The molecule has 0 fully saturated rings. The number of likely N-dealkylation sites (N-methyl/N-ethyl adjacent to an activating group) is 1. The van der Waals surface area contributed by atoms with Gasteiger partial charge >= 0.3 is 5.97 Å². The van der Waals surface area contributed by atoms with E-state index in [1.54, 1.807) is 6.92 Å². The van der Waals surface area contributed by atoms with Crippen LogP contribution in [0.5, 0.6) is 5.75 Å². The molecule has 1 aromatic carbocycles. The van der Waals surface area contributed by atoms with Crippen LogP contribution in [0.3, 0.4) is 0 Å². The van der Waals surface area contributed by atoms with E-state index in [4.69, 9.17) is 9.47 Å². The smallest absolute Gasteiger partial charge is 0.323 e. The standard InChI is InChI=1S/C14H19F2NO3/c1-3-17-13(14(18)19-4-2)5-6-20-12-8-10(15)7-11(16)9-12/h7-9,13,17H,3-6H2,1-2H3. The molecule has 0 aliphatic heterocycles. The van der Waals surface area contributed by atoms with Gasteiger partial charge in [-0.25, -0.2) is 8.78 Å². The van der Waals surface area contributed by atoms with Crippen LogP contribution < -0.4 is 10.1 Å². The summed E-state index contributed by atoms with van der Waals surface area (Å²) in [5, 5.41) is 2.97. The molecular formula is C14H19F2NO3. The minimum Gasteiger partial charge on any atom is -0.493 e. The van der Waals surface area contributed by atoms with E-state index in [-0.39, 0.29) is 18.3 Å². The predicted molar refractivity (Wildman–Crippen MR) is 70.6 cm³/mol. The zero-order chi connectivity index (χ0) is 15.0. The molecule has 1 aromatic rings. The van der Waals surface area contributed by atoms with Gasteiger partial charge in [0.2, 0.25) is 0 Å². The lowest BCUT2D eigenvalue weighted by Crippen LogP contribution is -2.39. The molecule has 4 nitrogen and oxygen atoms in total. The summed E-state index contributed by atoms with van der Waals surface area (Å²) in [6, 6.07) is 2.47.